The number of thioether (sulfide) groups is 1. The van der Waals surface area contributed by atoms with Crippen molar-refractivity contribution in [3.8, 4) is 0 Å². The van der Waals surface area contributed by atoms with Crippen LogP contribution in [-0.4, -0.2) is 24.1 Å². The van der Waals surface area contributed by atoms with Gasteiger partial charge in [0.15, 0.2) is 0 Å². The van der Waals surface area contributed by atoms with Gasteiger partial charge in [-0.2, -0.15) is 11.8 Å². The Bertz CT molecular complexity index is 213. The molecule has 0 aromatic heterocycles. The number of allylic oxidation sites excluding steroid dienone is 2. The van der Waals surface area contributed by atoms with Crippen LogP contribution in [-0.2, 0) is 9.53 Å². The first-order valence-corrected chi connectivity index (χ1v) is 6.37. The van der Waals surface area contributed by atoms with Crippen LogP contribution in [0.3, 0.4) is 0 Å². The summed E-state index contributed by atoms with van der Waals surface area (Å²) in [6.07, 6.45) is 9.64. The molecule has 0 heterocycles. The van der Waals surface area contributed by atoms with E-state index in [0.717, 1.165) is 19.3 Å². The first kappa shape index (κ1) is 11.6. The molecule has 0 saturated heterocycles. The summed E-state index contributed by atoms with van der Waals surface area (Å²) < 4.78 is 5.24. The van der Waals surface area contributed by atoms with E-state index < -0.39 is 0 Å². The first-order chi connectivity index (χ1) is 6.74. The maximum atomic E-state index is 11.4. The lowest BCUT2D eigenvalue weighted by Crippen LogP contribution is -2.21. The summed E-state index contributed by atoms with van der Waals surface area (Å²) in [6, 6.07) is 0. The summed E-state index contributed by atoms with van der Waals surface area (Å²) in [5.41, 5.74) is 0. The zero-order valence-electron chi connectivity index (χ0n) is 8.86. The van der Waals surface area contributed by atoms with Crippen LogP contribution in [0.15, 0.2) is 12.2 Å². The third kappa shape index (κ3) is 3.74. The minimum atomic E-state index is -0.0768. The van der Waals surface area contributed by atoms with E-state index in [4.69, 9.17) is 4.74 Å². The average Bonchev–Trinajstić information content (AvgIpc) is 2.26. The van der Waals surface area contributed by atoms with Gasteiger partial charge in [0.1, 0.15) is 0 Å². The fourth-order valence-electron chi connectivity index (χ4n) is 1.42. The Kier molecular flexibility index (Phi) is 5.09. The lowest BCUT2D eigenvalue weighted by Gasteiger charge is -2.18. The Balaban J connectivity index is 2.19. The van der Waals surface area contributed by atoms with Gasteiger partial charge in [-0.25, -0.2) is 0 Å². The van der Waals surface area contributed by atoms with E-state index in [1.807, 2.05) is 13.2 Å². The summed E-state index contributed by atoms with van der Waals surface area (Å²) in [6.45, 7) is 2.47. The lowest BCUT2D eigenvalue weighted by atomic mass is 9.95. The number of carbonyl (C=O) groups excluding carboxylic acids is 1. The van der Waals surface area contributed by atoms with Crippen LogP contribution in [0.1, 0.15) is 26.2 Å². The molecule has 14 heavy (non-hydrogen) atoms. The van der Waals surface area contributed by atoms with Crippen LogP contribution in [0.2, 0.25) is 0 Å². The smallest absolute Gasteiger partial charge is 0.318 e. The number of ether oxygens (including phenoxy) is 1. The summed E-state index contributed by atoms with van der Waals surface area (Å²) >= 11 is 1.53. The predicted molar refractivity (Wildman–Crippen MR) is 60.4 cm³/mol. The van der Waals surface area contributed by atoms with Crippen molar-refractivity contribution in [2.75, 3.05) is 12.9 Å². The highest BCUT2D eigenvalue weighted by molar-refractivity contribution is 7.99. The molecule has 80 valence electrons. The molecule has 2 atom stereocenters. The zero-order valence-corrected chi connectivity index (χ0v) is 9.68. The van der Waals surface area contributed by atoms with E-state index in [2.05, 4.69) is 12.2 Å². The molecular formula is C11H18O2S. The fourth-order valence-corrected chi connectivity index (χ4v) is 1.68. The van der Waals surface area contributed by atoms with Crippen molar-refractivity contribution in [2.24, 2.45) is 5.92 Å². The Labute approximate surface area is 90.1 Å². The van der Waals surface area contributed by atoms with Crippen molar-refractivity contribution >= 4 is 17.7 Å². The van der Waals surface area contributed by atoms with Gasteiger partial charge in [-0.1, -0.05) is 12.2 Å². The number of rotatable bonds is 4. The van der Waals surface area contributed by atoms with E-state index in [9.17, 15) is 4.79 Å². The van der Waals surface area contributed by atoms with Crippen molar-refractivity contribution in [3.63, 3.8) is 0 Å². The van der Waals surface area contributed by atoms with E-state index >= 15 is 0 Å². The highest BCUT2D eigenvalue weighted by Crippen LogP contribution is 2.19. The third-order valence-corrected chi connectivity index (χ3v) is 3.42. The molecule has 0 aromatic rings. The molecule has 1 aliphatic carbocycles. The maximum Gasteiger partial charge on any atom is 0.318 e. The van der Waals surface area contributed by atoms with Gasteiger partial charge < -0.3 is 4.74 Å². The second-order valence-electron chi connectivity index (χ2n) is 3.66. The van der Waals surface area contributed by atoms with Crippen LogP contribution < -0.4 is 0 Å². The molecule has 3 heteroatoms. The third-order valence-electron chi connectivity index (χ3n) is 2.52. The highest BCUT2D eigenvalue weighted by atomic mass is 32.2. The first-order valence-electron chi connectivity index (χ1n) is 5.08. The second kappa shape index (κ2) is 6.12. The normalized spacial score (nSPS) is 23.1. The molecule has 0 aliphatic heterocycles. The van der Waals surface area contributed by atoms with Gasteiger partial charge in [0.25, 0.3) is 0 Å². The van der Waals surface area contributed by atoms with E-state index in [0.29, 0.717) is 12.5 Å². The van der Waals surface area contributed by atoms with Gasteiger partial charge in [0.05, 0.1) is 11.9 Å². The molecule has 1 aliphatic rings. The molecule has 0 radical (unpaired) electrons. The van der Waals surface area contributed by atoms with E-state index in [1.165, 1.54) is 11.8 Å². The molecule has 0 N–H and O–H groups in total. The Morgan fingerprint density at radius 2 is 2.43 bits per heavy atom. The van der Waals surface area contributed by atoms with Crippen molar-refractivity contribution in [1.29, 1.82) is 0 Å². The van der Waals surface area contributed by atoms with Gasteiger partial charge in [0.2, 0.25) is 0 Å². The van der Waals surface area contributed by atoms with Crippen molar-refractivity contribution in [2.45, 2.75) is 31.4 Å². The van der Waals surface area contributed by atoms with Crippen LogP contribution >= 0.6 is 11.8 Å². The summed E-state index contributed by atoms with van der Waals surface area (Å²) in [5, 5.41) is -0.0332. The zero-order chi connectivity index (χ0) is 10.4. The van der Waals surface area contributed by atoms with Gasteiger partial charge in [0, 0.05) is 0 Å². The van der Waals surface area contributed by atoms with Crippen molar-refractivity contribution in [1.82, 2.24) is 0 Å². The van der Waals surface area contributed by atoms with Gasteiger partial charge in [-0.3, -0.25) is 4.79 Å². The molecule has 0 bridgehead atoms. The van der Waals surface area contributed by atoms with Crippen LogP contribution in [0.4, 0.5) is 0 Å². The number of carbonyl (C=O) groups is 1. The Morgan fingerprint density at radius 1 is 1.64 bits per heavy atom. The van der Waals surface area contributed by atoms with Crippen LogP contribution in [0.25, 0.3) is 0 Å². The fraction of sp³-hybridized carbons (Fsp3) is 0.727. The Hall–Kier alpha value is -0.440. The largest absolute Gasteiger partial charge is 0.465 e. The molecule has 0 fully saturated rings. The molecule has 1 rings (SSSR count). The van der Waals surface area contributed by atoms with E-state index in [-0.39, 0.29) is 11.2 Å². The Morgan fingerprint density at radius 3 is 3.00 bits per heavy atom. The quantitative estimate of drug-likeness (QED) is 0.531. The van der Waals surface area contributed by atoms with Gasteiger partial charge in [-0.15, -0.1) is 0 Å². The van der Waals surface area contributed by atoms with Gasteiger partial charge in [-0.05, 0) is 38.4 Å². The molecule has 2 nitrogen and oxygen atoms in total. The second-order valence-corrected chi connectivity index (χ2v) is 4.84. The molecule has 2 unspecified atom stereocenters. The molecule has 0 spiro atoms. The average molecular weight is 214 g/mol. The molecular weight excluding hydrogens is 196 g/mol. The number of hydrogen-bond acceptors (Lipinski definition) is 3. The molecule has 0 saturated carbocycles. The predicted octanol–water partition coefficient (Wildman–Crippen LogP) is 2.64. The van der Waals surface area contributed by atoms with Crippen LogP contribution in [0, 0.1) is 5.92 Å². The lowest BCUT2D eigenvalue weighted by molar-refractivity contribution is -0.144. The summed E-state index contributed by atoms with van der Waals surface area (Å²) in [5.74, 6) is 0.463. The highest BCUT2D eigenvalue weighted by Gasteiger charge is 2.16. The summed E-state index contributed by atoms with van der Waals surface area (Å²) in [4.78, 5) is 11.4. The molecule has 0 amide bonds. The minimum absolute atomic E-state index is 0.0332. The minimum Gasteiger partial charge on any atom is -0.465 e. The topological polar surface area (TPSA) is 26.3 Å². The standard InChI is InChI=1S/C11H18O2S/c1-9(14-2)11(12)13-8-10-6-4-3-5-7-10/h3-4,9-10H,5-8H2,1-2H3. The van der Waals surface area contributed by atoms with Crippen molar-refractivity contribution < 1.29 is 9.53 Å². The maximum absolute atomic E-state index is 11.4. The van der Waals surface area contributed by atoms with Crippen molar-refractivity contribution in [3.05, 3.63) is 12.2 Å². The number of esters is 1. The number of hydrogen-bond donors (Lipinski definition) is 0. The summed E-state index contributed by atoms with van der Waals surface area (Å²) in [7, 11) is 0. The van der Waals surface area contributed by atoms with Crippen LogP contribution in [0.5, 0.6) is 0 Å². The molecule has 0 aromatic carbocycles. The van der Waals surface area contributed by atoms with Gasteiger partial charge >= 0.3 is 5.97 Å². The van der Waals surface area contributed by atoms with E-state index in [1.54, 1.807) is 0 Å². The monoisotopic (exact) mass is 214 g/mol. The SMILES string of the molecule is CSC(C)C(=O)OCC1CC=CCC1.